The second kappa shape index (κ2) is 6.16. The largest absolute Gasteiger partial charge is 0.0587 e. The Kier molecular flexibility index (Phi) is 3.73. The summed E-state index contributed by atoms with van der Waals surface area (Å²) in [7, 11) is 0. The predicted octanol–water partition coefficient (Wildman–Crippen LogP) is 9.22. The molecular formula is C35H34. The highest BCUT2D eigenvalue weighted by atomic mass is 14.5. The topological polar surface area (TPSA) is 0 Å². The molecule has 0 atom stereocenters. The smallest absolute Gasteiger partial charge is 0.0159 e. The molecule has 0 aromatic heterocycles. The molecule has 35 heavy (non-hydrogen) atoms. The molecule has 0 heteroatoms. The molecule has 3 aliphatic carbocycles. The van der Waals surface area contributed by atoms with E-state index in [0.717, 1.165) is 0 Å². The monoisotopic (exact) mass is 454 g/mol. The van der Waals surface area contributed by atoms with Crippen molar-refractivity contribution in [3.05, 3.63) is 105 Å². The summed E-state index contributed by atoms with van der Waals surface area (Å²) in [6.45, 7) is 18.8. The van der Waals surface area contributed by atoms with E-state index in [0.29, 0.717) is 0 Å². The van der Waals surface area contributed by atoms with Gasteiger partial charge in [0, 0.05) is 16.2 Å². The van der Waals surface area contributed by atoms with E-state index in [-0.39, 0.29) is 16.2 Å². The molecule has 4 aromatic carbocycles. The summed E-state index contributed by atoms with van der Waals surface area (Å²) in [6, 6.07) is 24.2. The fourth-order valence-electron chi connectivity index (χ4n) is 7.41. The lowest BCUT2D eigenvalue weighted by molar-refractivity contribution is 0.649. The van der Waals surface area contributed by atoms with E-state index in [2.05, 4.69) is 116 Å². The molecule has 7 rings (SSSR count). The van der Waals surface area contributed by atoms with Gasteiger partial charge in [0.25, 0.3) is 0 Å². The quantitative estimate of drug-likeness (QED) is 0.248. The molecule has 0 N–H and O–H groups in total. The zero-order chi connectivity index (χ0) is 24.7. The first-order valence-corrected chi connectivity index (χ1v) is 13.0. The van der Waals surface area contributed by atoms with Crippen molar-refractivity contribution < 1.29 is 0 Å². The van der Waals surface area contributed by atoms with Gasteiger partial charge >= 0.3 is 0 Å². The standard InChI is InChI=1S/C35H34/c1-19-9-11-21-23-15-31-25(17-29(23)33(3,4)27(21)13-19)26-18-30-24(16-32(26)35(31,7)8)22-12-10-20(2)14-28(22)34(30,5)6/h9-18H,1-8H3. The van der Waals surface area contributed by atoms with Crippen LogP contribution in [0.4, 0.5) is 0 Å². The van der Waals surface area contributed by atoms with Crippen molar-refractivity contribution in [1.29, 1.82) is 0 Å². The third kappa shape index (κ3) is 2.43. The molecular weight excluding hydrogens is 420 g/mol. The molecule has 0 spiro atoms. The van der Waals surface area contributed by atoms with Crippen molar-refractivity contribution in [3.63, 3.8) is 0 Å². The van der Waals surface area contributed by atoms with Crippen LogP contribution in [0, 0.1) is 13.8 Å². The molecule has 0 radical (unpaired) electrons. The Morgan fingerprint density at radius 1 is 0.343 bits per heavy atom. The maximum atomic E-state index is 2.54. The van der Waals surface area contributed by atoms with Crippen LogP contribution in [-0.2, 0) is 16.2 Å². The average Bonchev–Trinajstić information content (AvgIpc) is 3.26. The van der Waals surface area contributed by atoms with Crippen molar-refractivity contribution in [2.45, 2.75) is 71.6 Å². The first-order chi connectivity index (χ1) is 16.4. The summed E-state index contributed by atoms with van der Waals surface area (Å²) in [5.41, 5.74) is 20.1. The van der Waals surface area contributed by atoms with Crippen molar-refractivity contribution in [1.82, 2.24) is 0 Å². The highest BCUT2D eigenvalue weighted by molar-refractivity contribution is 5.93. The molecule has 0 fully saturated rings. The molecule has 0 aliphatic heterocycles. The van der Waals surface area contributed by atoms with Crippen LogP contribution in [0.1, 0.15) is 86.1 Å². The van der Waals surface area contributed by atoms with E-state index in [1.54, 1.807) is 0 Å². The fourth-order valence-corrected chi connectivity index (χ4v) is 7.41. The fraction of sp³-hybridized carbons (Fsp3) is 0.314. The minimum Gasteiger partial charge on any atom is -0.0587 e. The van der Waals surface area contributed by atoms with Crippen LogP contribution in [-0.4, -0.2) is 0 Å². The molecule has 0 amide bonds. The lowest BCUT2D eigenvalue weighted by Crippen LogP contribution is -2.17. The summed E-state index contributed by atoms with van der Waals surface area (Å²) in [5, 5.41) is 0. The summed E-state index contributed by atoms with van der Waals surface area (Å²) in [5.74, 6) is 0. The molecule has 174 valence electrons. The van der Waals surface area contributed by atoms with Crippen LogP contribution in [0.15, 0.2) is 60.7 Å². The first kappa shape index (κ1) is 21.2. The van der Waals surface area contributed by atoms with Gasteiger partial charge in [0.1, 0.15) is 0 Å². The van der Waals surface area contributed by atoms with Crippen LogP contribution < -0.4 is 0 Å². The maximum Gasteiger partial charge on any atom is 0.0159 e. The highest BCUT2D eigenvalue weighted by Crippen LogP contribution is 2.59. The zero-order valence-corrected chi connectivity index (χ0v) is 22.3. The summed E-state index contributed by atoms with van der Waals surface area (Å²) in [4.78, 5) is 0. The highest BCUT2D eigenvalue weighted by Gasteiger charge is 2.44. The number of fused-ring (bicyclic) bond motifs is 9. The van der Waals surface area contributed by atoms with Gasteiger partial charge < -0.3 is 0 Å². The average molecular weight is 455 g/mol. The Morgan fingerprint density at radius 3 is 0.914 bits per heavy atom. The Bertz CT molecular complexity index is 1500. The lowest BCUT2D eigenvalue weighted by atomic mass is 9.78. The van der Waals surface area contributed by atoms with Gasteiger partial charge in [-0.2, -0.15) is 0 Å². The number of benzene rings is 4. The first-order valence-electron chi connectivity index (χ1n) is 13.0. The van der Waals surface area contributed by atoms with Gasteiger partial charge in [0.05, 0.1) is 0 Å². The van der Waals surface area contributed by atoms with Crippen LogP contribution in [0.2, 0.25) is 0 Å². The van der Waals surface area contributed by atoms with Crippen LogP contribution in [0.25, 0.3) is 33.4 Å². The van der Waals surface area contributed by atoms with Crippen molar-refractivity contribution in [3.8, 4) is 33.4 Å². The van der Waals surface area contributed by atoms with Crippen LogP contribution >= 0.6 is 0 Å². The number of hydrogen-bond acceptors (Lipinski definition) is 0. The van der Waals surface area contributed by atoms with Crippen molar-refractivity contribution in [2.75, 3.05) is 0 Å². The number of rotatable bonds is 0. The Hall–Kier alpha value is -3.12. The summed E-state index contributed by atoms with van der Waals surface area (Å²) >= 11 is 0. The Labute approximate surface area is 210 Å². The molecule has 0 saturated carbocycles. The molecule has 3 aliphatic rings. The van der Waals surface area contributed by atoms with Gasteiger partial charge in [-0.25, -0.2) is 0 Å². The molecule has 0 heterocycles. The van der Waals surface area contributed by atoms with Crippen molar-refractivity contribution >= 4 is 0 Å². The van der Waals surface area contributed by atoms with E-state index in [1.165, 1.54) is 77.9 Å². The third-order valence-corrected chi connectivity index (χ3v) is 9.58. The third-order valence-electron chi connectivity index (χ3n) is 9.58. The zero-order valence-electron chi connectivity index (χ0n) is 22.3. The molecule has 0 unspecified atom stereocenters. The predicted molar refractivity (Wildman–Crippen MR) is 149 cm³/mol. The van der Waals surface area contributed by atoms with Gasteiger partial charge in [-0.05, 0) is 105 Å². The minimum atomic E-state index is -0.0239. The van der Waals surface area contributed by atoms with E-state index < -0.39 is 0 Å². The van der Waals surface area contributed by atoms with Gasteiger partial charge in [-0.3, -0.25) is 0 Å². The molecule has 0 saturated heterocycles. The molecule has 0 bridgehead atoms. The van der Waals surface area contributed by atoms with E-state index in [1.807, 2.05) is 0 Å². The van der Waals surface area contributed by atoms with E-state index in [4.69, 9.17) is 0 Å². The second-order valence-electron chi connectivity index (χ2n) is 12.9. The van der Waals surface area contributed by atoms with E-state index >= 15 is 0 Å². The molecule has 4 aromatic rings. The van der Waals surface area contributed by atoms with Crippen LogP contribution in [0.3, 0.4) is 0 Å². The van der Waals surface area contributed by atoms with Gasteiger partial charge in [0.2, 0.25) is 0 Å². The number of aryl methyl sites for hydroxylation is 2. The lowest BCUT2D eigenvalue weighted by Gasteiger charge is -2.25. The maximum absolute atomic E-state index is 2.54. The van der Waals surface area contributed by atoms with Gasteiger partial charge in [0.15, 0.2) is 0 Å². The molecule has 0 nitrogen and oxygen atoms in total. The van der Waals surface area contributed by atoms with Crippen LogP contribution in [0.5, 0.6) is 0 Å². The summed E-state index contributed by atoms with van der Waals surface area (Å²) in [6.07, 6.45) is 0. The Morgan fingerprint density at radius 2 is 0.600 bits per heavy atom. The van der Waals surface area contributed by atoms with Gasteiger partial charge in [-0.15, -0.1) is 0 Å². The SMILES string of the molecule is Cc1ccc2c(c1)C(C)(C)c1cc3c(cc1-2)C(C)(C)c1cc2c(cc1-3)C(C)(C)c1cc(C)ccc1-2. The second-order valence-corrected chi connectivity index (χ2v) is 12.9. The number of hydrogen-bond donors (Lipinski definition) is 0. The minimum absolute atomic E-state index is 0.0162. The normalized spacial score (nSPS) is 18.4. The van der Waals surface area contributed by atoms with Gasteiger partial charge in [-0.1, -0.05) is 89.1 Å². The summed E-state index contributed by atoms with van der Waals surface area (Å²) < 4.78 is 0. The van der Waals surface area contributed by atoms with Crippen molar-refractivity contribution in [2.24, 2.45) is 0 Å². The van der Waals surface area contributed by atoms with E-state index in [9.17, 15) is 0 Å². The Balaban J connectivity index is 1.50.